The first-order valence-corrected chi connectivity index (χ1v) is 15.9. The van der Waals surface area contributed by atoms with Gasteiger partial charge < -0.3 is 14.8 Å². The molecule has 2 aromatic carbocycles. The molecule has 2 aromatic heterocycles. The highest BCUT2D eigenvalue weighted by Crippen LogP contribution is 2.35. The van der Waals surface area contributed by atoms with Crippen molar-refractivity contribution in [2.24, 2.45) is 4.36 Å². The molecular weight excluding hydrogens is 573 g/mol. The maximum absolute atomic E-state index is 13.5. The molecule has 1 fully saturated rings. The Balaban J connectivity index is 1.48. The van der Waals surface area contributed by atoms with Gasteiger partial charge in [-0.1, -0.05) is 23.2 Å². The van der Waals surface area contributed by atoms with E-state index in [0.717, 1.165) is 24.8 Å². The second kappa shape index (κ2) is 11.7. The fourth-order valence-corrected chi connectivity index (χ4v) is 5.92. The number of nitrogens with zero attached hydrogens (tertiary/aromatic N) is 4. The standard InChI is InChI=1S/C28H29Cl2N5O4S/c1-17(26-22(29)15-31-16-23(26)30)39-20-11-12-24-21(14-20)27(33-35(24)25-6-4-5-13-38-25)28(36)32-18-7-9-19(10-8-18)34-40(2,3)37/h7-12,14-17,25H,4-6,13H2,1-3H3,(H,32,36). The zero-order valence-electron chi connectivity index (χ0n) is 22.3. The molecule has 9 nitrogen and oxygen atoms in total. The predicted octanol–water partition coefficient (Wildman–Crippen LogP) is 7.19. The van der Waals surface area contributed by atoms with E-state index in [1.165, 1.54) is 12.4 Å². The number of ether oxygens (including phenoxy) is 2. The van der Waals surface area contributed by atoms with Crippen LogP contribution in [0.1, 0.15) is 54.6 Å². The van der Waals surface area contributed by atoms with Crippen LogP contribution in [0.2, 0.25) is 10.0 Å². The molecule has 3 heterocycles. The van der Waals surface area contributed by atoms with E-state index < -0.39 is 15.8 Å². The molecule has 0 bridgehead atoms. The molecule has 0 saturated carbocycles. The van der Waals surface area contributed by atoms with Gasteiger partial charge in [-0.2, -0.15) is 9.46 Å². The van der Waals surface area contributed by atoms with Crippen molar-refractivity contribution in [3.8, 4) is 5.75 Å². The van der Waals surface area contributed by atoms with E-state index in [-0.39, 0.29) is 17.8 Å². The smallest absolute Gasteiger partial charge is 0.276 e. The molecular formula is C28H29Cl2N5O4S. The van der Waals surface area contributed by atoms with Crippen LogP contribution in [0.25, 0.3) is 10.9 Å². The van der Waals surface area contributed by atoms with Gasteiger partial charge in [-0.3, -0.25) is 9.78 Å². The van der Waals surface area contributed by atoms with Crippen molar-refractivity contribution in [2.45, 2.75) is 38.5 Å². The minimum absolute atomic E-state index is 0.237. The van der Waals surface area contributed by atoms with Crippen LogP contribution < -0.4 is 10.1 Å². The highest BCUT2D eigenvalue weighted by molar-refractivity contribution is 7.92. The number of pyridine rings is 1. The summed E-state index contributed by atoms with van der Waals surface area (Å²) in [6, 6.07) is 12.3. The molecule has 1 N–H and O–H groups in total. The number of rotatable bonds is 7. The van der Waals surface area contributed by atoms with Gasteiger partial charge in [-0.25, -0.2) is 8.89 Å². The maximum Gasteiger partial charge on any atom is 0.276 e. The van der Waals surface area contributed by atoms with Crippen LogP contribution in [0.4, 0.5) is 11.4 Å². The average Bonchev–Trinajstić information content (AvgIpc) is 3.28. The first-order chi connectivity index (χ1) is 19.1. The molecule has 4 aromatic rings. The van der Waals surface area contributed by atoms with E-state index in [4.69, 9.17) is 37.8 Å². The normalized spacial score (nSPS) is 16.5. The van der Waals surface area contributed by atoms with E-state index in [9.17, 15) is 9.00 Å². The number of aromatic nitrogens is 3. The SMILES string of the molecule is CC(Oc1ccc2c(c1)c(C(=O)Nc1ccc(N=S(C)(C)=O)cc1)nn2C1CCCCO1)c1c(Cl)cncc1Cl. The lowest BCUT2D eigenvalue weighted by Crippen LogP contribution is -2.20. The number of halogens is 2. The third-order valence-corrected chi connectivity index (χ3v) is 7.63. The van der Waals surface area contributed by atoms with Gasteiger partial charge in [0.05, 0.1) is 21.2 Å². The van der Waals surface area contributed by atoms with Gasteiger partial charge in [0.2, 0.25) is 0 Å². The van der Waals surface area contributed by atoms with Gasteiger partial charge in [-0.15, -0.1) is 0 Å². The van der Waals surface area contributed by atoms with Crippen LogP contribution in [0.5, 0.6) is 5.75 Å². The summed E-state index contributed by atoms with van der Waals surface area (Å²) in [7, 11) is -2.29. The van der Waals surface area contributed by atoms with Crippen LogP contribution in [-0.4, -0.2) is 44.0 Å². The molecule has 0 radical (unpaired) electrons. The number of hydrogen-bond acceptors (Lipinski definition) is 7. The summed E-state index contributed by atoms with van der Waals surface area (Å²) in [6.45, 7) is 2.48. The average molecular weight is 603 g/mol. The van der Waals surface area contributed by atoms with Gasteiger partial charge in [0.15, 0.2) is 11.9 Å². The summed E-state index contributed by atoms with van der Waals surface area (Å²) in [5.74, 6) is 0.139. The number of carbonyl (C=O) groups is 1. The van der Waals surface area contributed by atoms with Crippen LogP contribution in [0, 0.1) is 0 Å². The Hall–Kier alpha value is -3.18. The number of nitrogens with one attached hydrogen (secondary N) is 1. The maximum atomic E-state index is 13.5. The molecule has 1 amide bonds. The molecule has 1 aliphatic rings. The summed E-state index contributed by atoms with van der Waals surface area (Å²) in [5, 5.41) is 9.03. The monoisotopic (exact) mass is 601 g/mol. The molecule has 40 heavy (non-hydrogen) atoms. The van der Waals surface area contributed by atoms with E-state index in [2.05, 4.69) is 14.7 Å². The minimum Gasteiger partial charge on any atom is -0.486 e. The summed E-state index contributed by atoms with van der Waals surface area (Å²) >= 11 is 12.7. The van der Waals surface area contributed by atoms with Crippen molar-refractivity contribution in [1.82, 2.24) is 14.8 Å². The molecule has 0 aliphatic carbocycles. The van der Waals surface area contributed by atoms with Gasteiger partial charge in [0.1, 0.15) is 11.9 Å². The first kappa shape index (κ1) is 28.4. The fourth-order valence-electron chi connectivity index (χ4n) is 4.62. The highest BCUT2D eigenvalue weighted by atomic mass is 35.5. The summed E-state index contributed by atoms with van der Waals surface area (Å²) < 4.78 is 30.1. The lowest BCUT2D eigenvalue weighted by atomic mass is 10.1. The summed E-state index contributed by atoms with van der Waals surface area (Å²) in [6.07, 6.45) is 8.24. The van der Waals surface area contributed by atoms with Crippen molar-refractivity contribution in [1.29, 1.82) is 0 Å². The number of amides is 1. The second-order valence-electron chi connectivity index (χ2n) is 9.84. The molecule has 12 heteroatoms. The van der Waals surface area contributed by atoms with Gasteiger partial charge >= 0.3 is 0 Å². The van der Waals surface area contributed by atoms with Crippen LogP contribution in [0.3, 0.4) is 0 Å². The Morgan fingerprint density at radius 1 is 1.15 bits per heavy atom. The minimum atomic E-state index is -2.29. The number of anilines is 1. The predicted molar refractivity (Wildman–Crippen MR) is 158 cm³/mol. The Morgan fingerprint density at radius 2 is 1.88 bits per heavy atom. The van der Waals surface area contributed by atoms with Crippen molar-refractivity contribution in [2.75, 3.05) is 24.4 Å². The third-order valence-electron chi connectivity index (χ3n) is 6.38. The molecule has 5 rings (SSSR count). The van der Waals surface area contributed by atoms with Gasteiger partial charge in [0.25, 0.3) is 5.91 Å². The first-order valence-electron chi connectivity index (χ1n) is 12.8. The lowest BCUT2D eigenvalue weighted by molar-refractivity contribution is -0.0367. The zero-order valence-corrected chi connectivity index (χ0v) is 24.6. The van der Waals surface area contributed by atoms with Crippen molar-refractivity contribution >= 4 is 61.1 Å². The Morgan fingerprint density at radius 3 is 2.52 bits per heavy atom. The highest BCUT2D eigenvalue weighted by Gasteiger charge is 2.25. The number of benzene rings is 2. The molecule has 1 saturated heterocycles. The molecule has 0 spiro atoms. The fraction of sp³-hybridized carbons (Fsp3) is 0.321. The van der Waals surface area contributed by atoms with Crippen molar-refractivity contribution in [3.63, 3.8) is 0 Å². The van der Waals surface area contributed by atoms with E-state index in [0.29, 0.717) is 44.7 Å². The number of hydrogen-bond donors (Lipinski definition) is 1. The molecule has 2 atom stereocenters. The Labute approximate surface area is 243 Å². The number of carbonyl (C=O) groups excluding carboxylic acids is 1. The zero-order chi connectivity index (χ0) is 28.4. The third kappa shape index (κ3) is 6.41. The quantitative estimate of drug-likeness (QED) is 0.240. The number of fused-ring (bicyclic) bond motifs is 1. The van der Waals surface area contributed by atoms with Crippen molar-refractivity contribution in [3.05, 3.63) is 76.2 Å². The molecule has 210 valence electrons. The van der Waals surface area contributed by atoms with Crippen molar-refractivity contribution < 1.29 is 18.5 Å². The van der Waals surface area contributed by atoms with Gasteiger partial charge in [-0.05, 0) is 68.7 Å². The second-order valence-corrected chi connectivity index (χ2v) is 13.2. The largest absolute Gasteiger partial charge is 0.486 e. The molecule has 2 unspecified atom stereocenters. The topological polar surface area (TPSA) is 108 Å². The van der Waals surface area contributed by atoms with E-state index >= 15 is 0 Å². The van der Waals surface area contributed by atoms with E-state index in [1.54, 1.807) is 47.5 Å². The lowest BCUT2D eigenvalue weighted by Gasteiger charge is -2.23. The Bertz CT molecular complexity index is 1650. The van der Waals surface area contributed by atoms with E-state index in [1.807, 2.05) is 19.1 Å². The molecule has 1 aliphatic heterocycles. The Kier molecular flexibility index (Phi) is 8.32. The summed E-state index contributed by atoms with van der Waals surface area (Å²) in [5.41, 5.74) is 2.75. The summed E-state index contributed by atoms with van der Waals surface area (Å²) in [4.78, 5) is 17.5. The van der Waals surface area contributed by atoms with Gasteiger partial charge in [0, 0.05) is 57.9 Å². The van der Waals surface area contributed by atoms with Crippen LogP contribution >= 0.6 is 23.2 Å². The van der Waals surface area contributed by atoms with Crippen LogP contribution in [-0.2, 0) is 14.5 Å². The van der Waals surface area contributed by atoms with Crippen LogP contribution in [0.15, 0.2) is 59.2 Å².